The number of anilines is 1. The molecule has 0 radical (unpaired) electrons. The first-order chi connectivity index (χ1) is 13.9. The van der Waals surface area contributed by atoms with Crippen LogP contribution in [0.25, 0.3) is 0 Å². The predicted molar refractivity (Wildman–Crippen MR) is 115 cm³/mol. The molecule has 2 amide bonds. The number of carbonyl (C=O) groups is 2. The van der Waals surface area contributed by atoms with E-state index in [1.807, 2.05) is 12.1 Å². The van der Waals surface area contributed by atoms with Gasteiger partial charge in [-0.2, -0.15) is 0 Å². The predicted octanol–water partition coefficient (Wildman–Crippen LogP) is 3.35. The van der Waals surface area contributed by atoms with E-state index in [9.17, 15) is 9.59 Å². The Bertz CT molecular complexity index is 924. The Balaban J connectivity index is 1.50. The Labute approximate surface area is 179 Å². The number of ether oxygens (including phenoxy) is 1. The highest BCUT2D eigenvalue weighted by molar-refractivity contribution is 7.18. The van der Waals surface area contributed by atoms with Crippen molar-refractivity contribution in [3.05, 3.63) is 50.7 Å². The summed E-state index contributed by atoms with van der Waals surface area (Å²) in [5.74, 6) is -0.574. The van der Waals surface area contributed by atoms with Crippen LogP contribution in [-0.4, -0.2) is 36.6 Å². The zero-order chi connectivity index (χ0) is 20.4. The Kier molecular flexibility index (Phi) is 5.92. The van der Waals surface area contributed by atoms with Crippen LogP contribution in [0.1, 0.15) is 40.6 Å². The van der Waals surface area contributed by atoms with Gasteiger partial charge in [0.1, 0.15) is 5.54 Å². The second kappa shape index (κ2) is 8.44. The lowest BCUT2D eigenvalue weighted by Gasteiger charge is -2.27. The molecule has 0 bridgehead atoms. The summed E-state index contributed by atoms with van der Waals surface area (Å²) < 4.78 is 6.01. The number of aryl methyl sites for hydroxylation is 1. The van der Waals surface area contributed by atoms with Crippen molar-refractivity contribution in [2.24, 2.45) is 0 Å². The minimum atomic E-state index is -1.09. The summed E-state index contributed by atoms with van der Waals surface area (Å²) in [5, 5.41) is 9.37. The lowest BCUT2D eigenvalue weighted by atomic mass is 9.96. The molecule has 2 aliphatic rings. The van der Waals surface area contributed by atoms with E-state index >= 15 is 0 Å². The minimum absolute atomic E-state index is 0.149. The monoisotopic (exact) mass is 433 g/mol. The SMILES string of the molecule is CC1CCc2cc(NC(=O)C3(NC(=O)c4ccc(Cl)s4)CCOC3)ccc2CN1. The van der Waals surface area contributed by atoms with E-state index in [4.69, 9.17) is 16.3 Å². The maximum atomic E-state index is 13.2. The maximum absolute atomic E-state index is 13.2. The first kappa shape index (κ1) is 20.3. The van der Waals surface area contributed by atoms with Crippen molar-refractivity contribution in [2.75, 3.05) is 18.5 Å². The Morgan fingerprint density at radius 3 is 2.86 bits per heavy atom. The van der Waals surface area contributed by atoms with Gasteiger partial charge < -0.3 is 20.7 Å². The Hall–Kier alpha value is -1.93. The summed E-state index contributed by atoms with van der Waals surface area (Å²) in [6.07, 6.45) is 2.45. The highest BCUT2D eigenvalue weighted by Gasteiger charge is 2.44. The first-order valence-electron chi connectivity index (χ1n) is 9.77. The Morgan fingerprint density at radius 2 is 2.14 bits per heavy atom. The van der Waals surface area contributed by atoms with Gasteiger partial charge in [-0.05, 0) is 55.2 Å². The topological polar surface area (TPSA) is 79.5 Å². The standard InChI is InChI=1S/C21H24ClN3O3S/c1-13-2-3-14-10-16(5-4-15(14)11-23-13)24-20(27)21(8-9-28-12-21)25-19(26)17-6-7-18(22)29-17/h4-7,10,13,23H,2-3,8-9,11-12H2,1H3,(H,24,27)(H,25,26). The number of hydrogen-bond acceptors (Lipinski definition) is 5. The number of halogens is 1. The third-order valence-electron chi connectivity index (χ3n) is 5.56. The molecule has 1 aromatic carbocycles. The van der Waals surface area contributed by atoms with Crippen LogP contribution in [0.5, 0.6) is 0 Å². The number of rotatable bonds is 4. The summed E-state index contributed by atoms with van der Waals surface area (Å²) in [4.78, 5) is 26.3. The van der Waals surface area contributed by atoms with Crippen LogP contribution in [0.3, 0.4) is 0 Å². The fourth-order valence-electron chi connectivity index (χ4n) is 3.73. The van der Waals surface area contributed by atoms with E-state index in [1.54, 1.807) is 12.1 Å². The zero-order valence-electron chi connectivity index (χ0n) is 16.2. The average Bonchev–Trinajstić information content (AvgIpc) is 3.31. The van der Waals surface area contributed by atoms with E-state index in [2.05, 4.69) is 28.9 Å². The molecular formula is C21H24ClN3O3S. The normalized spacial score (nSPS) is 23.9. The minimum Gasteiger partial charge on any atom is -0.378 e. The fourth-order valence-corrected chi connectivity index (χ4v) is 4.67. The molecule has 3 heterocycles. The second-order valence-electron chi connectivity index (χ2n) is 7.70. The van der Waals surface area contributed by atoms with Crippen molar-refractivity contribution < 1.29 is 14.3 Å². The molecule has 29 heavy (non-hydrogen) atoms. The number of fused-ring (bicyclic) bond motifs is 1. The van der Waals surface area contributed by atoms with E-state index < -0.39 is 5.54 Å². The number of carbonyl (C=O) groups excluding carboxylic acids is 2. The van der Waals surface area contributed by atoms with Crippen LogP contribution >= 0.6 is 22.9 Å². The van der Waals surface area contributed by atoms with Crippen molar-refractivity contribution in [1.29, 1.82) is 0 Å². The number of nitrogens with one attached hydrogen (secondary N) is 3. The summed E-state index contributed by atoms with van der Waals surface area (Å²) in [5.41, 5.74) is 2.15. The van der Waals surface area contributed by atoms with Crippen LogP contribution in [0, 0.1) is 0 Å². The summed E-state index contributed by atoms with van der Waals surface area (Å²) in [7, 11) is 0. The third-order valence-corrected chi connectivity index (χ3v) is 6.79. The molecule has 0 saturated carbocycles. The largest absolute Gasteiger partial charge is 0.378 e. The third kappa shape index (κ3) is 4.48. The molecule has 8 heteroatoms. The average molecular weight is 434 g/mol. The van der Waals surface area contributed by atoms with Gasteiger partial charge in [-0.15, -0.1) is 11.3 Å². The number of amides is 2. The molecule has 1 saturated heterocycles. The van der Waals surface area contributed by atoms with Crippen LogP contribution in [-0.2, 0) is 22.5 Å². The summed E-state index contributed by atoms with van der Waals surface area (Å²) in [6.45, 7) is 3.59. The Morgan fingerprint density at radius 1 is 1.28 bits per heavy atom. The van der Waals surface area contributed by atoms with Gasteiger partial charge in [0.15, 0.2) is 0 Å². The van der Waals surface area contributed by atoms with Crippen molar-refractivity contribution >= 4 is 40.4 Å². The summed E-state index contributed by atoms with van der Waals surface area (Å²) >= 11 is 7.12. The number of thiophene rings is 1. The molecule has 4 rings (SSSR count). The van der Waals surface area contributed by atoms with Gasteiger partial charge in [0.2, 0.25) is 0 Å². The second-order valence-corrected chi connectivity index (χ2v) is 9.42. The molecule has 2 atom stereocenters. The quantitative estimate of drug-likeness (QED) is 0.690. The van der Waals surface area contributed by atoms with E-state index in [-0.39, 0.29) is 18.4 Å². The van der Waals surface area contributed by atoms with Gasteiger partial charge in [0.05, 0.1) is 15.8 Å². The molecule has 1 fully saturated rings. The molecule has 2 aromatic rings. The van der Waals surface area contributed by atoms with Crippen molar-refractivity contribution in [3.8, 4) is 0 Å². The van der Waals surface area contributed by atoms with Gasteiger partial charge in [-0.3, -0.25) is 9.59 Å². The van der Waals surface area contributed by atoms with Crippen molar-refractivity contribution in [3.63, 3.8) is 0 Å². The van der Waals surface area contributed by atoms with Gasteiger partial charge in [0, 0.05) is 31.3 Å². The highest BCUT2D eigenvalue weighted by Crippen LogP contribution is 2.26. The molecule has 1 aromatic heterocycles. The van der Waals surface area contributed by atoms with Gasteiger partial charge in [0.25, 0.3) is 11.8 Å². The molecule has 0 spiro atoms. The molecule has 154 valence electrons. The van der Waals surface area contributed by atoms with Crippen LogP contribution in [0.15, 0.2) is 30.3 Å². The number of benzene rings is 1. The van der Waals surface area contributed by atoms with Crippen LogP contribution in [0.4, 0.5) is 5.69 Å². The maximum Gasteiger partial charge on any atom is 0.262 e. The summed E-state index contributed by atoms with van der Waals surface area (Å²) in [6, 6.07) is 9.81. The lowest BCUT2D eigenvalue weighted by Crippen LogP contribution is -2.57. The van der Waals surface area contributed by atoms with Crippen LogP contribution in [0.2, 0.25) is 4.34 Å². The smallest absolute Gasteiger partial charge is 0.262 e. The lowest BCUT2D eigenvalue weighted by molar-refractivity contribution is -0.122. The first-order valence-corrected chi connectivity index (χ1v) is 11.0. The molecule has 0 aliphatic carbocycles. The fraction of sp³-hybridized carbons (Fsp3) is 0.429. The van der Waals surface area contributed by atoms with Crippen LogP contribution < -0.4 is 16.0 Å². The van der Waals surface area contributed by atoms with E-state index in [0.29, 0.717) is 28.3 Å². The van der Waals surface area contributed by atoms with Gasteiger partial charge in [-0.25, -0.2) is 0 Å². The van der Waals surface area contributed by atoms with Crippen molar-refractivity contribution in [2.45, 2.75) is 44.3 Å². The molecule has 2 unspecified atom stereocenters. The molecule has 3 N–H and O–H groups in total. The molecule has 6 nitrogen and oxygen atoms in total. The zero-order valence-corrected chi connectivity index (χ0v) is 17.8. The molecule has 2 aliphatic heterocycles. The van der Waals surface area contributed by atoms with Gasteiger partial charge >= 0.3 is 0 Å². The van der Waals surface area contributed by atoms with Gasteiger partial charge in [-0.1, -0.05) is 17.7 Å². The van der Waals surface area contributed by atoms with E-state index in [1.165, 1.54) is 22.5 Å². The highest BCUT2D eigenvalue weighted by atomic mass is 35.5. The van der Waals surface area contributed by atoms with Crippen molar-refractivity contribution in [1.82, 2.24) is 10.6 Å². The molecular weight excluding hydrogens is 410 g/mol. The number of hydrogen-bond donors (Lipinski definition) is 3. The van der Waals surface area contributed by atoms with E-state index in [0.717, 1.165) is 25.1 Å².